The average Bonchev–Trinajstić information content (AvgIpc) is 3.18. The van der Waals surface area contributed by atoms with Crippen molar-refractivity contribution >= 4 is 23.2 Å². The quantitative estimate of drug-likeness (QED) is 0.589. The SMILES string of the molecule is O=C(CCCNC(=O)c1cccs1)NCCCCOc1ccc(F)cc1. The molecule has 0 aliphatic carbocycles. The number of benzene rings is 1. The van der Waals surface area contributed by atoms with Crippen LogP contribution in [0.25, 0.3) is 0 Å². The van der Waals surface area contributed by atoms with Gasteiger partial charge in [-0.05, 0) is 55.0 Å². The molecule has 1 aromatic carbocycles. The van der Waals surface area contributed by atoms with Crippen molar-refractivity contribution in [1.29, 1.82) is 0 Å². The average molecular weight is 378 g/mol. The van der Waals surface area contributed by atoms with Gasteiger partial charge in [0, 0.05) is 19.5 Å². The Morgan fingerprint density at radius 1 is 1.00 bits per heavy atom. The molecule has 140 valence electrons. The highest BCUT2D eigenvalue weighted by Gasteiger charge is 2.06. The zero-order chi connectivity index (χ0) is 18.6. The molecule has 0 saturated carbocycles. The molecule has 0 aliphatic heterocycles. The largest absolute Gasteiger partial charge is 0.494 e. The fraction of sp³-hybridized carbons (Fsp3) is 0.368. The van der Waals surface area contributed by atoms with E-state index in [0.29, 0.717) is 43.2 Å². The summed E-state index contributed by atoms with van der Waals surface area (Å²) in [6.07, 6.45) is 2.60. The summed E-state index contributed by atoms with van der Waals surface area (Å²) in [6.45, 7) is 1.60. The first kappa shape index (κ1) is 19.9. The van der Waals surface area contributed by atoms with Gasteiger partial charge in [-0.2, -0.15) is 0 Å². The number of hydrogen-bond acceptors (Lipinski definition) is 4. The lowest BCUT2D eigenvalue weighted by Crippen LogP contribution is -2.27. The van der Waals surface area contributed by atoms with Gasteiger partial charge in [0.05, 0.1) is 11.5 Å². The highest BCUT2D eigenvalue weighted by Crippen LogP contribution is 2.11. The first-order valence-electron chi connectivity index (χ1n) is 8.62. The minimum Gasteiger partial charge on any atom is -0.494 e. The minimum atomic E-state index is -0.286. The van der Waals surface area contributed by atoms with Crippen LogP contribution >= 0.6 is 11.3 Å². The smallest absolute Gasteiger partial charge is 0.261 e. The highest BCUT2D eigenvalue weighted by atomic mass is 32.1. The summed E-state index contributed by atoms with van der Waals surface area (Å²) in [4.78, 5) is 24.1. The summed E-state index contributed by atoms with van der Waals surface area (Å²) in [5.74, 6) is 0.238. The summed E-state index contributed by atoms with van der Waals surface area (Å²) in [5, 5.41) is 7.50. The minimum absolute atomic E-state index is 0.0187. The summed E-state index contributed by atoms with van der Waals surface area (Å²) in [6, 6.07) is 9.50. The van der Waals surface area contributed by atoms with Crippen LogP contribution in [-0.4, -0.2) is 31.5 Å². The van der Waals surface area contributed by atoms with Crippen molar-refractivity contribution in [3.05, 3.63) is 52.5 Å². The van der Waals surface area contributed by atoms with Crippen molar-refractivity contribution in [2.75, 3.05) is 19.7 Å². The second-order valence-electron chi connectivity index (χ2n) is 5.70. The van der Waals surface area contributed by atoms with Crippen LogP contribution in [0.15, 0.2) is 41.8 Å². The van der Waals surface area contributed by atoms with Crippen LogP contribution in [0.2, 0.25) is 0 Å². The molecule has 1 aromatic heterocycles. The van der Waals surface area contributed by atoms with Gasteiger partial charge in [-0.15, -0.1) is 11.3 Å². The summed E-state index contributed by atoms with van der Waals surface area (Å²) in [5.41, 5.74) is 0. The fourth-order valence-corrected chi connectivity index (χ4v) is 2.85. The molecule has 2 amide bonds. The van der Waals surface area contributed by atoms with Gasteiger partial charge in [-0.3, -0.25) is 9.59 Å². The normalized spacial score (nSPS) is 10.3. The van der Waals surface area contributed by atoms with Gasteiger partial charge in [0.2, 0.25) is 5.91 Å². The molecule has 2 N–H and O–H groups in total. The van der Waals surface area contributed by atoms with Gasteiger partial charge in [0.1, 0.15) is 11.6 Å². The third-order valence-corrected chi connectivity index (χ3v) is 4.46. The third-order valence-electron chi connectivity index (χ3n) is 3.59. The summed E-state index contributed by atoms with van der Waals surface area (Å²) >= 11 is 1.39. The fourth-order valence-electron chi connectivity index (χ4n) is 2.21. The maximum atomic E-state index is 12.8. The number of unbranched alkanes of at least 4 members (excludes halogenated alkanes) is 1. The van der Waals surface area contributed by atoms with Crippen LogP contribution in [0.1, 0.15) is 35.4 Å². The van der Waals surface area contributed by atoms with Crippen molar-refractivity contribution in [3.8, 4) is 5.75 Å². The van der Waals surface area contributed by atoms with E-state index in [9.17, 15) is 14.0 Å². The van der Waals surface area contributed by atoms with Gasteiger partial charge < -0.3 is 15.4 Å². The molecule has 5 nitrogen and oxygen atoms in total. The van der Waals surface area contributed by atoms with Gasteiger partial charge in [0.25, 0.3) is 5.91 Å². The molecule has 0 saturated heterocycles. The molecule has 0 aliphatic rings. The molecule has 2 rings (SSSR count). The number of amides is 2. The number of ether oxygens (including phenoxy) is 1. The van der Waals surface area contributed by atoms with E-state index in [0.717, 1.165) is 12.8 Å². The van der Waals surface area contributed by atoms with E-state index >= 15 is 0 Å². The van der Waals surface area contributed by atoms with Gasteiger partial charge in [-0.25, -0.2) is 4.39 Å². The number of hydrogen-bond donors (Lipinski definition) is 2. The molecule has 0 fully saturated rings. The van der Waals surface area contributed by atoms with Crippen LogP contribution in [0.3, 0.4) is 0 Å². The van der Waals surface area contributed by atoms with E-state index in [-0.39, 0.29) is 17.6 Å². The zero-order valence-electron chi connectivity index (χ0n) is 14.5. The second kappa shape index (κ2) is 11.3. The number of halogens is 1. The number of rotatable bonds is 11. The molecule has 26 heavy (non-hydrogen) atoms. The maximum absolute atomic E-state index is 12.8. The van der Waals surface area contributed by atoms with E-state index in [2.05, 4.69) is 10.6 Å². The predicted octanol–water partition coefficient (Wildman–Crippen LogP) is 3.37. The maximum Gasteiger partial charge on any atom is 0.261 e. The first-order valence-corrected chi connectivity index (χ1v) is 9.50. The topological polar surface area (TPSA) is 67.4 Å². The molecular formula is C19H23FN2O3S. The van der Waals surface area contributed by atoms with Crippen LogP contribution in [0, 0.1) is 5.82 Å². The molecule has 7 heteroatoms. The number of nitrogens with one attached hydrogen (secondary N) is 2. The predicted molar refractivity (Wildman–Crippen MR) is 100 cm³/mol. The van der Waals surface area contributed by atoms with Crippen LogP contribution in [0.5, 0.6) is 5.75 Å². The van der Waals surface area contributed by atoms with E-state index in [1.54, 1.807) is 18.2 Å². The number of carbonyl (C=O) groups excluding carboxylic acids is 2. The number of thiophene rings is 1. The number of carbonyl (C=O) groups is 2. The van der Waals surface area contributed by atoms with Crippen molar-refractivity contribution in [3.63, 3.8) is 0 Å². The Hall–Kier alpha value is -2.41. The van der Waals surface area contributed by atoms with Crippen molar-refractivity contribution in [1.82, 2.24) is 10.6 Å². The molecule has 0 spiro atoms. The summed E-state index contributed by atoms with van der Waals surface area (Å²) in [7, 11) is 0. The standard InChI is InChI=1S/C19H23FN2O3S/c20-15-7-9-16(10-8-15)25-13-2-1-11-21-18(23)6-3-12-22-19(24)17-5-4-14-26-17/h4-5,7-10,14H,1-3,6,11-13H2,(H,21,23)(H,22,24). The lowest BCUT2D eigenvalue weighted by atomic mass is 10.2. The van der Waals surface area contributed by atoms with Crippen molar-refractivity contribution < 1.29 is 18.7 Å². The molecule has 0 unspecified atom stereocenters. The van der Waals surface area contributed by atoms with E-state index in [1.807, 2.05) is 11.4 Å². The Morgan fingerprint density at radius 2 is 1.77 bits per heavy atom. The molecular weight excluding hydrogens is 355 g/mol. The lowest BCUT2D eigenvalue weighted by Gasteiger charge is -2.07. The molecule has 1 heterocycles. The van der Waals surface area contributed by atoms with Gasteiger partial charge >= 0.3 is 0 Å². The highest BCUT2D eigenvalue weighted by molar-refractivity contribution is 7.12. The van der Waals surface area contributed by atoms with Crippen LogP contribution in [-0.2, 0) is 4.79 Å². The van der Waals surface area contributed by atoms with Crippen LogP contribution in [0.4, 0.5) is 4.39 Å². The lowest BCUT2D eigenvalue weighted by molar-refractivity contribution is -0.121. The van der Waals surface area contributed by atoms with Gasteiger partial charge in [-0.1, -0.05) is 6.07 Å². The monoisotopic (exact) mass is 378 g/mol. The zero-order valence-corrected chi connectivity index (χ0v) is 15.3. The Labute approximate surface area is 156 Å². The molecule has 0 atom stereocenters. The van der Waals surface area contributed by atoms with E-state index in [1.165, 1.54) is 23.5 Å². The van der Waals surface area contributed by atoms with Crippen molar-refractivity contribution in [2.45, 2.75) is 25.7 Å². The Morgan fingerprint density at radius 3 is 2.50 bits per heavy atom. The van der Waals surface area contributed by atoms with E-state index in [4.69, 9.17) is 4.74 Å². The van der Waals surface area contributed by atoms with Crippen LogP contribution < -0.4 is 15.4 Å². The molecule has 0 bridgehead atoms. The third kappa shape index (κ3) is 7.65. The van der Waals surface area contributed by atoms with Crippen molar-refractivity contribution in [2.24, 2.45) is 0 Å². The van der Waals surface area contributed by atoms with E-state index < -0.39 is 0 Å². The summed E-state index contributed by atoms with van der Waals surface area (Å²) < 4.78 is 18.2. The Kier molecular flexibility index (Phi) is 8.62. The Bertz CT molecular complexity index is 675. The Balaban J connectivity index is 1.43. The second-order valence-corrected chi connectivity index (χ2v) is 6.64. The van der Waals surface area contributed by atoms with Gasteiger partial charge in [0.15, 0.2) is 0 Å². The first-order chi connectivity index (χ1) is 12.6. The molecule has 0 radical (unpaired) electrons. The molecule has 2 aromatic rings.